The predicted octanol–water partition coefficient (Wildman–Crippen LogP) is 2.14. The van der Waals surface area contributed by atoms with E-state index in [1.165, 1.54) is 0 Å². The summed E-state index contributed by atoms with van der Waals surface area (Å²) in [7, 11) is -2.99. The van der Waals surface area contributed by atoms with Gasteiger partial charge in [0.1, 0.15) is 0 Å². The fourth-order valence-corrected chi connectivity index (χ4v) is 4.59. The fraction of sp³-hybridized carbons (Fsp3) is 0.438. The van der Waals surface area contributed by atoms with Crippen LogP contribution in [0.25, 0.3) is 10.9 Å². The summed E-state index contributed by atoms with van der Waals surface area (Å²) in [6, 6.07) is 7.65. The highest BCUT2D eigenvalue weighted by Crippen LogP contribution is 2.21. The average molecular weight is 320 g/mol. The third-order valence-electron chi connectivity index (χ3n) is 4.11. The Morgan fingerprint density at radius 3 is 2.73 bits per heavy atom. The lowest BCUT2D eigenvalue weighted by Crippen LogP contribution is -2.35. The smallest absolute Gasteiger partial charge is 0.251 e. The topological polar surface area (TPSA) is 68.2 Å². The van der Waals surface area contributed by atoms with Crippen molar-refractivity contribution in [1.29, 1.82) is 0 Å². The largest absolute Gasteiger partial charge is 0.348 e. The van der Waals surface area contributed by atoms with E-state index >= 15 is 0 Å². The number of hydrogen-bond acceptors (Lipinski definition) is 3. The molecule has 1 unspecified atom stereocenters. The first kappa shape index (κ1) is 15.1. The lowest BCUT2D eigenvalue weighted by molar-refractivity contribution is 0.0941. The molecule has 1 amide bonds. The molecule has 1 aromatic carbocycles. The standard InChI is InChI=1S/C16H20N2O3S/c1-11(2)18-7-5-12-3-4-13(9-15(12)18)16(19)17-14-6-8-22(20,21)10-14/h3-5,7,9,11,14H,6,8,10H2,1-2H3,(H,17,19). The van der Waals surface area contributed by atoms with Crippen molar-refractivity contribution in [3.63, 3.8) is 0 Å². The molecule has 6 heteroatoms. The zero-order valence-electron chi connectivity index (χ0n) is 12.7. The predicted molar refractivity (Wildman–Crippen MR) is 86.8 cm³/mol. The van der Waals surface area contributed by atoms with E-state index in [0.717, 1.165) is 10.9 Å². The fourth-order valence-electron chi connectivity index (χ4n) is 2.92. The Morgan fingerprint density at radius 1 is 1.32 bits per heavy atom. The summed E-state index contributed by atoms with van der Waals surface area (Å²) < 4.78 is 25.0. The van der Waals surface area contributed by atoms with Gasteiger partial charge < -0.3 is 9.88 Å². The van der Waals surface area contributed by atoms with Gasteiger partial charge in [0.15, 0.2) is 9.84 Å². The molecule has 0 spiro atoms. The van der Waals surface area contributed by atoms with Gasteiger partial charge in [-0.05, 0) is 43.9 Å². The molecule has 1 fully saturated rings. The Morgan fingerprint density at radius 2 is 2.09 bits per heavy atom. The summed E-state index contributed by atoms with van der Waals surface area (Å²) in [5.41, 5.74) is 1.58. The van der Waals surface area contributed by atoms with E-state index in [0.29, 0.717) is 18.0 Å². The van der Waals surface area contributed by atoms with E-state index in [4.69, 9.17) is 0 Å². The molecule has 0 saturated carbocycles. The summed E-state index contributed by atoms with van der Waals surface area (Å²) >= 11 is 0. The second kappa shape index (κ2) is 5.43. The first-order valence-corrected chi connectivity index (χ1v) is 9.30. The molecule has 0 radical (unpaired) electrons. The minimum Gasteiger partial charge on any atom is -0.348 e. The van der Waals surface area contributed by atoms with Gasteiger partial charge in [-0.3, -0.25) is 4.79 Å². The number of rotatable bonds is 3. The molecule has 0 aliphatic carbocycles. The van der Waals surface area contributed by atoms with Crippen molar-refractivity contribution in [2.75, 3.05) is 11.5 Å². The lowest BCUT2D eigenvalue weighted by atomic mass is 10.1. The van der Waals surface area contributed by atoms with Crippen molar-refractivity contribution >= 4 is 26.6 Å². The van der Waals surface area contributed by atoms with Crippen molar-refractivity contribution in [2.45, 2.75) is 32.4 Å². The van der Waals surface area contributed by atoms with E-state index in [1.807, 2.05) is 24.4 Å². The molecular weight excluding hydrogens is 300 g/mol. The van der Waals surface area contributed by atoms with Crippen LogP contribution >= 0.6 is 0 Å². The van der Waals surface area contributed by atoms with Crippen molar-refractivity contribution in [3.05, 3.63) is 36.0 Å². The monoisotopic (exact) mass is 320 g/mol. The van der Waals surface area contributed by atoms with Crippen LogP contribution in [0.5, 0.6) is 0 Å². The molecule has 5 nitrogen and oxygen atoms in total. The van der Waals surface area contributed by atoms with Gasteiger partial charge >= 0.3 is 0 Å². The molecule has 22 heavy (non-hydrogen) atoms. The molecule has 3 rings (SSSR count). The van der Waals surface area contributed by atoms with E-state index in [2.05, 4.69) is 23.7 Å². The summed E-state index contributed by atoms with van der Waals surface area (Å²) in [4.78, 5) is 12.3. The van der Waals surface area contributed by atoms with Crippen LogP contribution in [-0.4, -0.2) is 36.4 Å². The number of nitrogens with one attached hydrogen (secondary N) is 1. The molecule has 1 aliphatic heterocycles. The van der Waals surface area contributed by atoms with Crippen molar-refractivity contribution in [2.24, 2.45) is 0 Å². The van der Waals surface area contributed by atoms with E-state index in [-0.39, 0.29) is 23.5 Å². The number of amides is 1. The van der Waals surface area contributed by atoms with Crippen LogP contribution < -0.4 is 5.32 Å². The van der Waals surface area contributed by atoms with Crippen molar-refractivity contribution in [1.82, 2.24) is 9.88 Å². The Hall–Kier alpha value is -1.82. The molecular formula is C16H20N2O3S. The number of nitrogens with zero attached hydrogens (tertiary/aromatic N) is 1. The maximum Gasteiger partial charge on any atom is 0.251 e. The second-order valence-corrected chi connectivity index (χ2v) is 8.39. The maximum atomic E-state index is 12.3. The molecule has 1 aliphatic rings. The number of carbonyl (C=O) groups is 1. The van der Waals surface area contributed by atoms with E-state index in [9.17, 15) is 13.2 Å². The minimum absolute atomic E-state index is 0.0450. The first-order valence-electron chi connectivity index (χ1n) is 7.47. The molecule has 1 aromatic heterocycles. The third-order valence-corrected chi connectivity index (χ3v) is 5.88. The van der Waals surface area contributed by atoms with Crippen LogP contribution in [0.2, 0.25) is 0 Å². The highest BCUT2D eigenvalue weighted by atomic mass is 32.2. The zero-order valence-corrected chi connectivity index (χ0v) is 13.6. The maximum absolute atomic E-state index is 12.3. The SMILES string of the molecule is CC(C)n1ccc2ccc(C(=O)NC3CCS(=O)(=O)C3)cc21. The van der Waals surface area contributed by atoms with Crippen LogP contribution in [-0.2, 0) is 9.84 Å². The molecule has 2 heterocycles. The summed E-state index contributed by atoms with van der Waals surface area (Å²) in [5.74, 6) is -0.00297. The zero-order chi connectivity index (χ0) is 15.9. The highest BCUT2D eigenvalue weighted by Gasteiger charge is 2.29. The highest BCUT2D eigenvalue weighted by molar-refractivity contribution is 7.91. The van der Waals surface area contributed by atoms with Gasteiger partial charge in [-0.15, -0.1) is 0 Å². The number of carbonyl (C=O) groups excluding carboxylic acids is 1. The molecule has 0 bridgehead atoms. The Kier molecular flexibility index (Phi) is 3.72. The molecule has 2 aromatic rings. The summed E-state index contributed by atoms with van der Waals surface area (Å²) in [6.45, 7) is 4.19. The number of fused-ring (bicyclic) bond motifs is 1. The van der Waals surface area contributed by atoms with Gasteiger partial charge in [-0.2, -0.15) is 0 Å². The Bertz CT molecular complexity index is 821. The molecule has 1 saturated heterocycles. The Labute approximate surface area is 130 Å². The van der Waals surface area contributed by atoms with Crippen LogP contribution in [0.4, 0.5) is 0 Å². The van der Waals surface area contributed by atoms with Gasteiger partial charge in [0.05, 0.1) is 11.5 Å². The summed E-state index contributed by atoms with van der Waals surface area (Å²) in [6.07, 6.45) is 2.51. The number of benzene rings is 1. The van der Waals surface area contributed by atoms with Gasteiger partial charge in [-0.1, -0.05) is 6.07 Å². The lowest BCUT2D eigenvalue weighted by Gasteiger charge is -2.12. The number of sulfone groups is 1. The molecule has 118 valence electrons. The van der Waals surface area contributed by atoms with Crippen molar-refractivity contribution < 1.29 is 13.2 Å². The van der Waals surface area contributed by atoms with Gasteiger partial charge in [-0.25, -0.2) is 8.42 Å². The van der Waals surface area contributed by atoms with Gasteiger partial charge in [0.25, 0.3) is 5.91 Å². The minimum atomic E-state index is -2.99. The van der Waals surface area contributed by atoms with Crippen LogP contribution in [0.1, 0.15) is 36.7 Å². The number of hydrogen-bond donors (Lipinski definition) is 1. The number of aromatic nitrogens is 1. The summed E-state index contributed by atoms with van der Waals surface area (Å²) in [5, 5.41) is 3.92. The first-order chi connectivity index (χ1) is 10.4. The second-order valence-electron chi connectivity index (χ2n) is 6.16. The molecule has 1 N–H and O–H groups in total. The quantitative estimate of drug-likeness (QED) is 0.942. The normalized spacial score (nSPS) is 20.6. The van der Waals surface area contributed by atoms with Crippen LogP contribution in [0.3, 0.4) is 0 Å². The molecule has 1 atom stereocenters. The Balaban J connectivity index is 1.83. The average Bonchev–Trinajstić information content (AvgIpc) is 3.01. The van der Waals surface area contributed by atoms with Crippen molar-refractivity contribution in [3.8, 4) is 0 Å². The third kappa shape index (κ3) is 2.88. The van der Waals surface area contributed by atoms with Crippen LogP contribution in [0, 0.1) is 0 Å². The van der Waals surface area contributed by atoms with E-state index < -0.39 is 9.84 Å². The van der Waals surface area contributed by atoms with Gasteiger partial charge in [0, 0.05) is 29.4 Å². The van der Waals surface area contributed by atoms with E-state index in [1.54, 1.807) is 6.07 Å². The van der Waals surface area contributed by atoms with Crippen LogP contribution in [0.15, 0.2) is 30.5 Å². The van der Waals surface area contributed by atoms with Gasteiger partial charge in [0.2, 0.25) is 0 Å².